The Morgan fingerprint density at radius 3 is 2.43 bits per heavy atom. The number of sulfonamides is 1. The Hall–Kier alpha value is -0.850. The molecule has 0 atom stereocenters. The molecule has 1 fully saturated rings. The first kappa shape index (κ1) is 16.5. The average molecular weight is 314 g/mol. The van der Waals surface area contributed by atoms with Crippen molar-refractivity contribution in [3.05, 3.63) is 17.1 Å². The van der Waals surface area contributed by atoms with E-state index in [2.05, 4.69) is 12.2 Å². The van der Waals surface area contributed by atoms with Crippen LogP contribution in [0.3, 0.4) is 0 Å². The molecule has 0 spiro atoms. The maximum Gasteiger partial charge on any atom is 0.247 e. The van der Waals surface area contributed by atoms with E-state index in [4.69, 9.17) is 4.42 Å². The Morgan fingerprint density at radius 1 is 1.24 bits per heavy atom. The normalized spacial score (nSPS) is 15.9. The summed E-state index contributed by atoms with van der Waals surface area (Å²) in [6.07, 6.45) is 2.94. The number of aryl methyl sites for hydroxylation is 2. The zero-order valence-electron chi connectivity index (χ0n) is 13.4. The van der Waals surface area contributed by atoms with E-state index >= 15 is 0 Å². The van der Waals surface area contributed by atoms with Gasteiger partial charge >= 0.3 is 0 Å². The van der Waals surface area contributed by atoms with Crippen molar-refractivity contribution in [3.8, 4) is 0 Å². The molecule has 1 aliphatic carbocycles. The van der Waals surface area contributed by atoms with Crippen LogP contribution in [0.15, 0.2) is 9.31 Å². The summed E-state index contributed by atoms with van der Waals surface area (Å²) >= 11 is 0. The van der Waals surface area contributed by atoms with Gasteiger partial charge < -0.3 is 9.73 Å². The second-order valence-corrected chi connectivity index (χ2v) is 7.47. The number of hydrogen-bond acceptors (Lipinski definition) is 4. The topological polar surface area (TPSA) is 62.6 Å². The smallest absolute Gasteiger partial charge is 0.247 e. The lowest BCUT2D eigenvalue weighted by Crippen LogP contribution is -2.34. The van der Waals surface area contributed by atoms with E-state index in [1.165, 1.54) is 0 Å². The fraction of sp³-hybridized carbons (Fsp3) is 0.733. The Labute approximate surface area is 127 Å². The van der Waals surface area contributed by atoms with Crippen molar-refractivity contribution in [1.29, 1.82) is 0 Å². The minimum absolute atomic E-state index is 0.172. The summed E-state index contributed by atoms with van der Waals surface area (Å²) < 4.78 is 33.2. The standard InChI is InChI=1S/C15H26N2O3S/c1-5-9-16-10-14-11(3)20-12(4)15(14)21(18,19)17(6-2)13-7-8-13/h13,16H,5-10H2,1-4H3. The third kappa shape index (κ3) is 3.33. The van der Waals surface area contributed by atoms with Crippen LogP contribution in [0, 0.1) is 13.8 Å². The predicted octanol–water partition coefficient (Wildman–Crippen LogP) is 2.57. The van der Waals surface area contributed by atoms with Gasteiger partial charge in [-0.3, -0.25) is 0 Å². The summed E-state index contributed by atoms with van der Waals surface area (Å²) in [6.45, 7) is 9.47. The van der Waals surface area contributed by atoms with E-state index in [1.807, 2.05) is 13.8 Å². The van der Waals surface area contributed by atoms with Crippen LogP contribution in [0.2, 0.25) is 0 Å². The maximum atomic E-state index is 13.0. The molecule has 21 heavy (non-hydrogen) atoms. The minimum Gasteiger partial charge on any atom is -0.465 e. The van der Waals surface area contributed by atoms with E-state index in [-0.39, 0.29) is 6.04 Å². The Balaban J connectivity index is 2.37. The van der Waals surface area contributed by atoms with E-state index < -0.39 is 10.0 Å². The highest BCUT2D eigenvalue weighted by molar-refractivity contribution is 7.89. The molecule has 1 N–H and O–H groups in total. The molecule has 6 heteroatoms. The van der Waals surface area contributed by atoms with Crippen molar-refractivity contribution in [2.45, 2.75) is 64.4 Å². The summed E-state index contributed by atoms with van der Waals surface area (Å²) in [5, 5.41) is 3.28. The summed E-state index contributed by atoms with van der Waals surface area (Å²) in [5.41, 5.74) is 0.778. The van der Waals surface area contributed by atoms with Crippen LogP contribution in [-0.2, 0) is 16.6 Å². The van der Waals surface area contributed by atoms with E-state index in [0.717, 1.165) is 31.4 Å². The molecule has 5 nitrogen and oxygen atoms in total. The van der Waals surface area contributed by atoms with Gasteiger partial charge in [-0.1, -0.05) is 13.8 Å². The van der Waals surface area contributed by atoms with E-state index in [9.17, 15) is 8.42 Å². The average Bonchev–Trinajstić information content (AvgIpc) is 3.17. The van der Waals surface area contributed by atoms with E-state index in [0.29, 0.717) is 29.5 Å². The molecule has 1 aromatic heterocycles. The van der Waals surface area contributed by atoms with Crippen LogP contribution >= 0.6 is 0 Å². The lowest BCUT2D eigenvalue weighted by atomic mass is 10.2. The highest BCUT2D eigenvalue weighted by atomic mass is 32.2. The first-order valence-corrected chi connectivity index (χ1v) is 9.18. The molecule has 2 rings (SSSR count). The summed E-state index contributed by atoms with van der Waals surface area (Å²) in [4.78, 5) is 0.373. The van der Waals surface area contributed by atoms with Crippen molar-refractivity contribution in [2.75, 3.05) is 13.1 Å². The predicted molar refractivity (Wildman–Crippen MR) is 82.8 cm³/mol. The molecular formula is C15H26N2O3S. The second-order valence-electron chi connectivity index (χ2n) is 5.64. The van der Waals surface area contributed by atoms with Gasteiger partial charge in [-0.25, -0.2) is 8.42 Å². The van der Waals surface area contributed by atoms with Gasteiger partial charge in [-0.2, -0.15) is 4.31 Å². The lowest BCUT2D eigenvalue weighted by Gasteiger charge is -2.20. The lowest BCUT2D eigenvalue weighted by molar-refractivity contribution is 0.418. The molecule has 1 heterocycles. The summed E-state index contributed by atoms with van der Waals surface area (Å²) in [7, 11) is -3.47. The number of furan rings is 1. The quantitative estimate of drug-likeness (QED) is 0.749. The largest absolute Gasteiger partial charge is 0.465 e. The fourth-order valence-electron chi connectivity index (χ4n) is 2.75. The zero-order valence-corrected chi connectivity index (χ0v) is 14.2. The second kappa shape index (κ2) is 6.50. The molecule has 0 aliphatic heterocycles. The van der Waals surface area contributed by atoms with Gasteiger partial charge in [0.1, 0.15) is 16.4 Å². The molecule has 1 aliphatic rings. The van der Waals surface area contributed by atoms with Gasteiger partial charge in [0, 0.05) is 24.7 Å². The first-order chi connectivity index (χ1) is 9.93. The molecule has 0 unspecified atom stereocenters. The van der Waals surface area contributed by atoms with Crippen molar-refractivity contribution in [1.82, 2.24) is 9.62 Å². The first-order valence-electron chi connectivity index (χ1n) is 7.74. The molecule has 0 aromatic carbocycles. The molecule has 0 saturated heterocycles. The fourth-order valence-corrected chi connectivity index (χ4v) is 4.86. The third-order valence-electron chi connectivity index (χ3n) is 3.89. The molecule has 0 amide bonds. The van der Waals surface area contributed by atoms with Crippen molar-refractivity contribution >= 4 is 10.0 Å². The number of nitrogens with one attached hydrogen (secondary N) is 1. The van der Waals surface area contributed by atoms with Gasteiger partial charge in [0.05, 0.1) is 0 Å². The Kier molecular flexibility index (Phi) is 5.11. The number of rotatable bonds is 8. The van der Waals surface area contributed by atoms with Gasteiger partial charge in [-0.05, 0) is 39.7 Å². The number of nitrogens with zero attached hydrogens (tertiary/aromatic N) is 1. The van der Waals surface area contributed by atoms with Crippen molar-refractivity contribution < 1.29 is 12.8 Å². The third-order valence-corrected chi connectivity index (χ3v) is 6.11. The van der Waals surface area contributed by atoms with Crippen LogP contribution in [-0.4, -0.2) is 31.9 Å². The zero-order chi connectivity index (χ0) is 15.6. The Morgan fingerprint density at radius 2 is 1.90 bits per heavy atom. The van der Waals surface area contributed by atoms with Crippen LogP contribution in [0.4, 0.5) is 0 Å². The van der Waals surface area contributed by atoms with Crippen molar-refractivity contribution in [2.24, 2.45) is 0 Å². The minimum atomic E-state index is -3.47. The molecule has 120 valence electrons. The molecule has 0 bridgehead atoms. The van der Waals surface area contributed by atoms with Crippen molar-refractivity contribution in [3.63, 3.8) is 0 Å². The maximum absolute atomic E-state index is 13.0. The Bertz CT molecular complexity index is 588. The SMILES string of the molecule is CCCNCc1c(C)oc(C)c1S(=O)(=O)N(CC)C1CC1. The van der Waals surface area contributed by atoms with Crippen LogP contribution in [0.1, 0.15) is 50.2 Å². The summed E-state index contributed by atoms with van der Waals surface area (Å²) in [5.74, 6) is 1.20. The van der Waals surface area contributed by atoms with Gasteiger partial charge in [0.25, 0.3) is 0 Å². The highest BCUT2D eigenvalue weighted by Gasteiger charge is 2.40. The van der Waals surface area contributed by atoms with E-state index in [1.54, 1.807) is 11.2 Å². The van der Waals surface area contributed by atoms with Crippen LogP contribution in [0.25, 0.3) is 0 Å². The van der Waals surface area contributed by atoms with Crippen LogP contribution < -0.4 is 5.32 Å². The highest BCUT2D eigenvalue weighted by Crippen LogP contribution is 2.35. The summed E-state index contributed by atoms with van der Waals surface area (Å²) in [6, 6.07) is 0.172. The molecule has 1 saturated carbocycles. The monoisotopic (exact) mass is 314 g/mol. The van der Waals surface area contributed by atoms with Gasteiger partial charge in [0.15, 0.2) is 0 Å². The van der Waals surface area contributed by atoms with Gasteiger partial charge in [0.2, 0.25) is 10.0 Å². The molecule has 1 aromatic rings. The molecule has 0 radical (unpaired) electrons. The van der Waals surface area contributed by atoms with Gasteiger partial charge in [-0.15, -0.1) is 0 Å². The number of hydrogen-bond donors (Lipinski definition) is 1. The van der Waals surface area contributed by atoms with Crippen LogP contribution in [0.5, 0.6) is 0 Å². The molecular weight excluding hydrogens is 288 g/mol.